The molecule has 1 aliphatic carbocycles. The molecular weight excluding hydrogens is 292 g/mol. The summed E-state index contributed by atoms with van der Waals surface area (Å²) in [5, 5.41) is 5.73. The second-order valence-electron chi connectivity index (χ2n) is 6.23. The highest BCUT2D eigenvalue weighted by molar-refractivity contribution is 7.07. The van der Waals surface area contributed by atoms with Gasteiger partial charge in [0.05, 0.1) is 0 Å². The number of hydrogen-bond donors (Lipinski definition) is 1. The number of nitrogens with zero attached hydrogens (tertiary/aromatic N) is 1. The SMILES string of the molecule is Cc1csc(=O)n1CCNC1(c2ccccc2)CCCCC1. The highest BCUT2D eigenvalue weighted by Gasteiger charge is 2.32. The molecule has 0 unspecified atom stereocenters. The molecule has 0 amide bonds. The molecule has 1 heterocycles. The summed E-state index contributed by atoms with van der Waals surface area (Å²) in [6.45, 7) is 3.60. The monoisotopic (exact) mass is 316 g/mol. The normalized spacial score (nSPS) is 17.5. The number of benzene rings is 1. The topological polar surface area (TPSA) is 34.0 Å². The Morgan fingerprint density at radius 1 is 1.18 bits per heavy atom. The lowest BCUT2D eigenvalue weighted by atomic mass is 9.76. The van der Waals surface area contributed by atoms with Crippen molar-refractivity contribution in [2.24, 2.45) is 0 Å². The van der Waals surface area contributed by atoms with E-state index < -0.39 is 0 Å². The molecule has 1 aromatic heterocycles. The van der Waals surface area contributed by atoms with Crippen molar-refractivity contribution in [3.05, 3.63) is 56.6 Å². The third-order valence-electron chi connectivity index (χ3n) is 4.81. The van der Waals surface area contributed by atoms with Gasteiger partial charge in [-0.1, -0.05) is 60.9 Å². The van der Waals surface area contributed by atoms with Crippen LogP contribution in [-0.2, 0) is 12.1 Å². The van der Waals surface area contributed by atoms with Crippen molar-refractivity contribution in [2.75, 3.05) is 6.54 Å². The van der Waals surface area contributed by atoms with Crippen LogP contribution in [0.15, 0.2) is 40.5 Å². The minimum absolute atomic E-state index is 0.0903. The minimum Gasteiger partial charge on any atom is -0.306 e. The van der Waals surface area contributed by atoms with Crippen LogP contribution < -0.4 is 10.2 Å². The quantitative estimate of drug-likeness (QED) is 0.913. The van der Waals surface area contributed by atoms with Crippen LogP contribution in [-0.4, -0.2) is 11.1 Å². The molecule has 0 atom stereocenters. The summed E-state index contributed by atoms with van der Waals surface area (Å²) in [5.74, 6) is 0. The summed E-state index contributed by atoms with van der Waals surface area (Å²) in [6, 6.07) is 10.8. The van der Waals surface area contributed by atoms with Gasteiger partial charge >= 0.3 is 4.87 Å². The van der Waals surface area contributed by atoms with Crippen molar-refractivity contribution in [1.82, 2.24) is 9.88 Å². The van der Waals surface area contributed by atoms with E-state index in [1.54, 1.807) is 0 Å². The Bertz CT molecular complexity index is 653. The summed E-state index contributed by atoms with van der Waals surface area (Å²) in [4.78, 5) is 12.0. The van der Waals surface area contributed by atoms with E-state index in [4.69, 9.17) is 0 Å². The molecule has 1 aliphatic rings. The number of aromatic nitrogens is 1. The highest BCUT2D eigenvalue weighted by Crippen LogP contribution is 2.36. The summed E-state index contributed by atoms with van der Waals surface area (Å²) in [7, 11) is 0. The molecular formula is C18H24N2OS. The van der Waals surface area contributed by atoms with E-state index in [1.807, 2.05) is 16.9 Å². The first kappa shape index (κ1) is 15.5. The van der Waals surface area contributed by atoms with Gasteiger partial charge < -0.3 is 9.88 Å². The van der Waals surface area contributed by atoms with Crippen LogP contribution in [0.1, 0.15) is 43.4 Å². The van der Waals surface area contributed by atoms with Gasteiger partial charge in [0.1, 0.15) is 0 Å². The second-order valence-corrected chi connectivity index (χ2v) is 7.05. The molecule has 118 valence electrons. The molecule has 0 aliphatic heterocycles. The summed E-state index contributed by atoms with van der Waals surface area (Å²) >= 11 is 1.29. The van der Waals surface area contributed by atoms with Crippen molar-refractivity contribution < 1.29 is 0 Å². The Balaban J connectivity index is 1.73. The molecule has 3 rings (SSSR count). The molecule has 1 N–H and O–H groups in total. The van der Waals surface area contributed by atoms with Crippen molar-refractivity contribution in [1.29, 1.82) is 0 Å². The Morgan fingerprint density at radius 3 is 2.55 bits per heavy atom. The Hall–Kier alpha value is -1.39. The van der Waals surface area contributed by atoms with Crippen molar-refractivity contribution in [3.8, 4) is 0 Å². The van der Waals surface area contributed by atoms with Gasteiger partial charge in [-0.2, -0.15) is 0 Å². The van der Waals surface area contributed by atoms with E-state index in [9.17, 15) is 4.79 Å². The lowest BCUT2D eigenvalue weighted by Gasteiger charge is -2.39. The lowest BCUT2D eigenvalue weighted by molar-refractivity contribution is 0.231. The van der Waals surface area contributed by atoms with Crippen molar-refractivity contribution in [3.63, 3.8) is 0 Å². The third kappa shape index (κ3) is 3.18. The van der Waals surface area contributed by atoms with Gasteiger partial charge in [0.25, 0.3) is 0 Å². The van der Waals surface area contributed by atoms with Gasteiger partial charge in [-0.05, 0) is 25.3 Å². The zero-order valence-corrected chi connectivity index (χ0v) is 14.0. The number of thiazole rings is 1. The van der Waals surface area contributed by atoms with E-state index in [0.29, 0.717) is 0 Å². The van der Waals surface area contributed by atoms with Gasteiger partial charge in [-0.15, -0.1) is 0 Å². The van der Waals surface area contributed by atoms with Crippen LogP contribution in [0.3, 0.4) is 0 Å². The Kier molecular flexibility index (Phi) is 4.79. The zero-order chi connectivity index (χ0) is 15.4. The zero-order valence-electron chi connectivity index (χ0n) is 13.2. The lowest BCUT2D eigenvalue weighted by Crippen LogP contribution is -2.45. The number of aryl methyl sites for hydroxylation is 1. The largest absolute Gasteiger partial charge is 0.307 e. The maximum Gasteiger partial charge on any atom is 0.307 e. The standard InChI is InChI=1S/C18H24N2OS/c1-15-14-22-17(21)20(15)13-12-19-18(10-6-3-7-11-18)16-8-4-2-5-9-16/h2,4-5,8-9,14,19H,3,6-7,10-13H2,1H3. The van der Waals surface area contributed by atoms with E-state index in [2.05, 4.69) is 35.6 Å². The van der Waals surface area contributed by atoms with E-state index in [0.717, 1.165) is 18.8 Å². The van der Waals surface area contributed by atoms with Gasteiger partial charge in [0.15, 0.2) is 0 Å². The molecule has 0 saturated heterocycles. The molecule has 0 spiro atoms. The molecule has 0 radical (unpaired) electrons. The number of hydrogen-bond acceptors (Lipinski definition) is 3. The molecule has 22 heavy (non-hydrogen) atoms. The van der Waals surface area contributed by atoms with Crippen molar-refractivity contribution in [2.45, 2.75) is 51.1 Å². The molecule has 1 fully saturated rings. The molecule has 1 saturated carbocycles. The average molecular weight is 316 g/mol. The van der Waals surface area contributed by atoms with Gasteiger partial charge in [-0.25, -0.2) is 0 Å². The maximum absolute atomic E-state index is 11.8. The summed E-state index contributed by atoms with van der Waals surface area (Å²) in [5.41, 5.74) is 2.55. The van der Waals surface area contributed by atoms with Gasteiger partial charge in [-0.3, -0.25) is 4.79 Å². The van der Waals surface area contributed by atoms with Crippen LogP contribution in [0.25, 0.3) is 0 Å². The molecule has 1 aromatic carbocycles. The van der Waals surface area contributed by atoms with Crippen LogP contribution in [0.5, 0.6) is 0 Å². The highest BCUT2D eigenvalue weighted by atomic mass is 32.1. The van der Waals surface area contributed by atoms with Crippen LogP contribution in [0.2, 0.25) is 0 Å². The second kappa shape index (κ2) is 6.80. The number of nitrogens with one attached hydrogen (secondary N) is 1. The van der Waals surface area contributed by atoms with Crippen LogP contribution in [0.4, 0.5) is 0 Å². The maximum atomic E-state index is 11.8. The molecule has 0 bridgehead atoms. The van der Waals surface area contributed by atoms with Gasteiger partial charge in [0, 0.05) is 29.7 Å². The fourth-order valence-electron chi connectivity index (χ4n) is 3.56. The average Bonchev–Trinajstić information content (AvgIpc) is 2.88. The van der Waals surface area contributed by atoms with Crippen molar-refractivity contribution >= 4 is 11.3 Å². The first-order valence-corrected chi connectivity index (χ1v) is 9.05. The third-order valence-corrected chi connectivity index (χ3v) is 5.69. The van der Waals surface area contributed by atoms with Gasteiger partial charge in [0.2, 0.25) is 0 Å². The fraction of sp³-hybridized carbons (Fsp3) is 0.500. The summed E-state index contributed by atoms with van der Waals surface area (Å²) < 4.78 is 1.87. The Labute approximate surface area is 136 Å². The molecule has 3 nitrogen and oxygen atoms in total. The molecule has 2 aromatic rings. The van der Waals surface area contributed by atoms with Crippen LogP contribution in [0, 0.1) is 6.92 Å². The first-order chi connectivity index (χ1) is 10.7. The fourth-order valence-corrected chi connectivity index (χ4v) is 4.32. The predicted molar refractivity (Wildman–Crippen MR) is 92.5 cm³/mol. The van der Waals surface area contributed by atoms with Crippen LogP contribution >= 0.6 is 11.3 Å². The molecule has 4 heteroatoms. The Morgan fingerprint density at radius 2 is 1.91 bits per heavy atom. The predicted octanol–water partition coefficient (Wildman–Crippen LogP) is 3.67. The first-order valence-electron chi connectivity index (χ1n) is 8.17. The minimum atomic E-state index is 0.0903. The van der Waals surface area contributed by atoms with E-state index in [-0.39, 0.29) is 10.4 Å². The van der Waals surface area contributed by atoms with E-state index >= 15 is 0 Å². The smallest absolute Gasteiger partial charge is 0.306 e. The number of rotatable bonds is 5. The summed E-state index contributed by atoms with van der Waals surface area (Å²) in [6.07, 6.45) is 6.26. The van der Waals surface area contributed by atoms with E-state index in [1.165, 1.54) is 49.0 Å².